The molecule has 4 unspecified atom stereocenters. The maximum atomic E-state index is 13.3. The van der Waals surface area contributed by atoms with Crippen molar-refractivity contribution in [2.24, 2.45) is 17.8 Å². The lowest BCUT2D eigenvalue weighted by molar-refractivity contribution is -0.116. The normalized spacial score (nSPS) is 26.1. The van der Waals surface area contributed by atoms with Gasteiger partial charge in [0.15, 0.2) is 0 Å². The topological polar surface area (TPSA) is 51.1 Å². The summed E-state index contributed by atoms with van der Waals surface area (Å²) in [4.78, 5) is 27.7. The van der Waals surface area contributed by atoms with Crippen LogP contribution in [0.15, 0.2) is 81.0 Å². The van der Waals surface area contributed by atoms with E-state index in [0.29, 0.717) is 17.1 Å². The number of benzene rings is 3. The third-order valence-corrected chi connectivity index (χ3v) is 11.6. The molecule has 0 spiro atoms. The second-order valence-electron chi connectivity index (χ2n) is 10.2. The lowest BCUT2D eigenvalue weighted by Gasteiger charge is -2.40. The lowest BCUT2D eigenvalue weighted by Crippen LogP contribution is -2.34. The highest BCUT2D eigenvalue weighted by Gasteiger charge is 2.55. The first kappa shape index (κ1) is 22.8. The van der Waals surface area contributed by atoms with Gasteiger partial charge in [0.05, 0.1) is 5.03 Å². The minimum absolute atomic E-state index is 0.0344. The molecule has 182 valence electrons. The minimum atomic E-state index is -0.163. The zero-order valence-electron chi connectivity index (χ0n) is 19.5. The number of amides is 1. The first-order chi connectivity index (χ1) is 17.6. The molecule has 3 aromatic carbocycles. The molecule has 0 saturated heterocycles. The number of thiazole rings is 1. The van der Waals surface area contributed by atoms with Crippen LogP contribution in [0, 0.1) is 17.8 Å². The van der Waals surface area contributed by atoms with Crippen LogP contribution in [0.3, 0.4) is 0 Å². The number of nitrogens with one attached hydrogen (secondary N) is 1. The van der Waals surface area contributed by atoms with Gasteiger partial charge in [-0.2, -0.15) is 0 Å². The number of aromatic nitrogens is 1. The van der Waals surface area contributed by atoms with Gasteiger partial charge < -0.3 is 5.32 Å². The average Bonchev–Trinajstić information content (AvgIpc) is 3.57. The van der Waals surface area contributed by atoms with Gasteiger partial charge in [0.1, 0.15) is 6.54 Å². The third kappa shape index (κ3) is 3.70. The van der Waals surface area contributed by atoms with Crippen LogP contribution in [0.25, 0.3) is 10.8 Å². The highest BCUT2D eigenvalue weighted by atomic mass is 79.9. The first-order valence-corrected chi connectivity index (χ1v) is 15.0. The Hall–Kier alpha value is -2.35. The van der Waals surface area contributed by atoms with Crippen LogP contribution in [0.1, 0.15) is 35.6 Å². The molecule has 5 atom stereocenters. The summed E-state index contributed by atoms with van der Waals surface area (Å²) in [6.45, 7) is 0.0393. The van der Waals surface area contributed by atoms with Crippen LogP contribution in [0.2, 0.25) is 0 Å². The summed E-state index contributed by atoms with van der Waals surface area (Å²) >= 11 is 6.88. The van der Waals surface area contributed by atoms with Gasteiger partial charge in [-0.05, 0) is 66.2 Å². The second-order valence-corrected chi connectivity index (χ2v) is 13.3. The van der Waals surface area contributed by atoms with Gasteiger partial charge in [0.25, 0.3) is 0 Å². The smallest absolute Gasteiger partial charge is 0.308 e. The molecule has 2 bridgehead atoms. The Kier molecular flexibility index (Phi) is 5.64. The SMILES string of the molecule is O=C(Cn1c2c(sc1=O)[C@H](c1cccc(Br)c1)C1C3CCC(C3)C1S2)Nc1cccc2ccccc12. The number of halogens is 1. The molecule has 1 aliphatic heterocycles. The van der Waals surface area contributed by atoms with Crippen LogP contribution in [-0.2, 0) is 11.3 Å². The van der Waals surface area contributed by atoms with E-state index >= 15 is 0 Å². The molecular formula is C29H25BrN2O2S2. The molecule has 2 heterocycles. The Balaban J connectivity index is 1.25. The maximum Gasteiger partial charge on any atom is 0.308 e. The van der Waals surface area contributed by atoms with Crippen molar-refractivity contribution in [3.05, 3.63) is 91.3 Å². The van der Waals surface area contributed by atoms with E-state index in [9.17, 15) is 9.59 Å². The number of hydrogen-bond acceptors (Lipinski definition) is 4. The molecule has 4 aromatic rings. The summed E-state index contributed by atoms with van der Waals surface area (Å²) in [5.41, 5.74) is 2.06. The van der Waals surface area contributed by atoms with Crippen LogP contribution < -0.4 is 10.2 Å². The standard InChI is InChI=1S/C29H25BrN2O2S2/c30-20-8-3-7-17(14-20)25-24-18-11-12-19(13-18)26(24)35-28-27(25)36-29(34)32(28)15-23(33)31-22-10-4-6-16-5-1-2-9-21(16)22/h1-10,14,18-19,24-26H,11-13,15H2,(H,31,33)/t18?,19?,24?,25-,26?/m1/s1. The quantitative estimate of drug-likeness (QED) is 0.281. The van der Waals surface area contributed by atoms with Crippen molar-refractivity contribution in [1.29, 1.82) is 0 Å². The van der Waals surface area contributed by atoms with E-state index in [0.717, 1.165) is 36.8 Å². The maximum absolute atomic E-state index is 13.3. The van der Waals surface area contributed by atoms with Crippen molar-refractivity contribution in [2.75, 3.05) is 5.32 Å². The zero-order chi connectivity index (χ0) is 24.4. The number of rotatable bonds is 4. The summed E-state index contributed by atoms with van der Waals surface area (Å²) in [7, 11) is 0. The summed E-state index contributed by atoms with van der Waals surface area (Å²) < 4.78 is 2.80. The van der Waals surface area contributed by atoms with E-state index in [-0.39, 0.29) is 23.2 Å². The van der Waals surface area contributed by atoms with Gasteiger partial charge in [-0.25, -0.2) is 0 Å². The number of carbonyl (C=O) groups excluding carboxylic acids is 1. The number of thioether (sulfide) groups is 1. The van der Waals surface area contributed by atoms with E-state index in [1.54, 1.807) is 4.57 Å². The van der Waals surface area contributed by atoms with Crippen molar-refractivity contribution in [2.45, 2.75) is 42.0 Å². The van der Waals surface area contributed by atoms with Crippen molar-refractivity contribution < 1.29 is 4.79 Å². The van der Waals surface area contributed by atoms with Crippen LogP contribution in [0.5, 0.6) is 0 Å². The molecule has 0 radical (unpaired) electrons. The number of hydrogen-bond donors (Lipinski definition) is 1. The molecule has 7 heteroatoms. The molecule has 1 amide bonds. The third-order valence-electron chi connectivity index (χ3n) is 8.26. The fourth-order valence-corrected chi connectivity index (χ4v) is 10.4. The molecule has 3 aliphatic rings. The van der Waals surface area contributed by atoms with E-state index in [1.807, 2.05) is 54.2 Å². The van der Waals surface area contributed by atoms with Crippen molar-refractivity contribution >= 4 is 61.4 Å². The highest BCUT2D eigenvalue weighted by molar-refractivity contribution is 9.10. The van der Waals surface area contributed by atoms with Gasteiger partial charge >= 0.3 is 4.87 Å². The number of nitrogens with zero attached hydrogens (tertiary/aromatic N) is 1. The van der Waals surface area contributed by atoms with Crippen LogP contribution in [-0.4, -0.2) is 15.7 Å². The molecule has 36 heavy (non-hydrogen) atoms. The second kappa shape index (κ2) is 8.89. The monoisotopic (exact) mass is 576 g/mol. The molecule has 4 nitrogen and oxygen atoms in total. The molecule has 1 N–H and O–H groups in total. The fourth-order valence-electron chi connectivity index (χ4n) is 6.83. The van der Waals surface area contributed by atoms with Gasteiger partial charge in [-0.1, -0.05) is 75.8 Å². The Labute approximate surface area is 226 Å². The number of fused-ring (bicyclic) bond motifs is 7. The molecule has 7 rings (SSSR count). The summed E-state index contributed by atoms with van der Waals surface area (Å²) in [5.74, 6) is 2.06. The summed E-state index contributed by atoms with van der Waals surface area (Å²) in [6.07, 6.45) is 3.89. The van der Waals surface area contributed by atoms with Gasteiger partial charge in [0, 0.05) is 31.6 Å². The molecule has 1 aromatic heterocycles. The van der Waals surface area contributed by atoms with Crippen molar-refractivity contribution in [3.63, 3.8) is 0 Å². The molecule has 2 saturated carbocycles. The zero-order valence-corrected chi connectivity index (χ0v) is 22.7. The molecule has 2 fully saturated rings. The highest BCUT2D eigenvalue weighted by Crippen LogP contribution is 2.64. The largest absolute Gasteiger partial charge is 0.324 e. The van der Waals surface area contributed by atoms with Gasteiger partial charge in [0.2, 0.25) is 5.91 Å². The van der Waals surface area contributed by atoms with Gasteiger partial charge in [-0.3, -0.25) is 14.2 Å². The summed E-state index contributed by atoms with van der Waals surface area (Å²) in [5, 5.41) is 6.68. The Morgan fingerprint density at radius 3 is 2.72 bits per heavy atom. The van der Waals surface area contributed by atoms with E-state index in [2.05, 4.69) is 45.5 Å². The summed E-state index contributed by atoms with van der Waals surface area (Å²) in [6, 6.07) is 22.5. The van der Waals surface area contributed by atoms with Crippen molar-refractivity contribution in [3.8, 4) is 0 Å². The minimum Gasteiger partial charge on any atom is -0.324 e. The number of carbonyl (C=O) groups is 1. The van der Waals surface area contributed by atoms with Crippen molar-refractivity contribution in [1.82, 2.24) is 4.57 Å². The Morgan fingerprint density at radius 2 is 1.83 bits per heavy atom. The van der Waals surface area contributed by atoms with Crippen LogP contribution >= 0.6 is 39.0 Å². The van der Waals surface area contributed by atoms with E-state index in [4.69, 9.17) is 0 Å². The predicted octanol–water partition coefficient (Wildman–Crippen LogP) is 7.12. The average molecular weight is 578 g/mol. The van der Waals surface area contributed by atoms with Gasteiger partial charge in [-0.15, -0.1) is 11.8 Å². The molecule has 2 aliphatic carbocycles. The first-order valence-electron chi connectivity index (χ1n) is 12.5. The Morgan fingerprint density at radius 1 is 1.03 bits per heavy atom. The van der Waals surface area contributed by atoms with E-state index < -0.39 is 0 Å². The fraction of sp³-hybridized carbons (Fsp3) is 0.310. The van der Waals surface area contributed by atoms with E-state index in [1.165, 1.54) is 36.2 Å². The number of anilines is 1. The lowest BCUT2D eigenvalue weighted by atomic mass is 9.75. The Bertz CT molecular complexity index is 1560. The predicted molar refractivity (Wildman–Crippen MR) is 151 cm³/mol. The molecular weight excluding hydrogens is 552 g/mol. The van der Waals surface area contributed by atoms with Crippen LogP contribution in [0.4, 0.5) is 5.69 Å².